The van der Waals surface area contributed by atoms with Gasteiger partial charge in [-0.1, -0.05) is 18.2 Å². The Bertz CT molecular complexity index is 404. The molecule has 0 saturated carbocycles. The molecule has 0 bridgehead atoms. The maximum atomic E-state index is 12.2. The van der Waals surface area contributed by atoms with E-state index >= 15 is 0 Å². The Morgan fingerprint density at radius 2 is 1.90 bits per heavy atom. The van der Waals surface area contributed by atoms with Gasteiger partial charge in [0.15, 0.2) is 0 Å². The number of nitrogens with one attached hydrogen (secondary N) is 2. The number of unbranched alkanes of at least 4 members (excludes halogenated alkanes) is 1. The molecule has 0 spiro atoms. The fourth-order valence-corrected chi connectivity index (χ4v) is 2.07. The van der Waals surface area contributed by atoms with Crippen molar-refractivity contribution in [3.8, 4) is 0 Å². The third kappa shape index (κ3) is 6.17. The zero-order valence-corrected chi connectivity index (χ0v) is 12.9. The molecule has 0 aliphatic rings. The summed E-state index contributed by atoms with van der Waals surface area (Å²) in [6.45, 7) is 2.69. The minimum atomic E-state index is 0.0431. The fraction of sp³-hybridized carbons (Fsp3) is 0.562. The lowest BCUT2D eigenvalue weighted by molar-refractivity contribution is 0.0952. The van der Waals surface area contributed by atoms with Gasteiger partial charge < -0.3 is 15.5 Å². The van der Waals surface area contributed by atoms with E-state index < -0.39 is 0 Å². The number of hydrogen-bond donors (Lipinski definition) is 2. The number of hydrogen-bond acceptors (Lipinski definition) is 3. The molecule has 0 aliphatic heterocycles. The molecule has 0 aliphatic carbocycles. The summed E-state index contributed by atoms with van der Waals surface area (Å²) in [5.74, 6) is 0.0431. The molecule has 1 aromatic carbocycles. The Balaban J connectivity index is 2.42. The highest BCUT2D eigenvalue weighted by Gasteiger charge is 2.09. The molecule has 0 unspecified atom stereocenters. The molecule has 2 N–H and O–H groups in total. The van der Waals surface area contributed by atoms with Gasteiger partial charge in [-0.05, 0) is 65.1 Å². The van der Waals surface area contributed by atoms with Crippen LogP contribution >= 0.6 is 0 Å². The van der Waals surface area contributed by atoms with E-state index in [4.69, 9.17) is 0 Å². The van der Waals surface area contributed by atoms with Crippen LogP contribution in [0, 0.1) is 0 Å². The van der Waals surface area contributed by atoms with Crippen LogP contribution in [0.3, 0.4) is 0 Å². The van der Waals surface area contributed by atoms with Crippen LogP contribution in [0.15, 0.2) is 24.3 Å². The molecule has 4 nitrogen and oxygen atoms in total. The van der Waals surface area contributed by atoms with Gasteiger partial charge in [0.1, 0.15) is 0 Å². The van der Waals surface area contributed by atoms with Crippen molar-refractivity contribution in [2.45, 2.75) is 19.3 Å². The smallest absolute Gasteiger partial charge is 0.251 e. The molecule has 112 valence electrons. The van der Waals surface area contributed by atoms with Gasteiger partial charge in [0.25, 0.3) is 5.91 Å². The summed E-state index contributed by atoms with van der Waals surface area (Å²) in [5.41, 5.74) is 1.91. The monoisotopic (exact) mass is 277 g/mol. The van der Waals surface area contributed by atoms with Gasteiger partial charge in [-0.25, -0.2) is 0 Å². The van der Waals surface area contributed by atoms with Crippen LogP contribution in [-0.2, 0) is 6.42 Å². The van der Waals surface area contributed by atoms with Gasteiger partial charge in [0, 0.05) is 12.1 Å². The highest BCUT2D eigenvalue weighted by atomic mass is 16.1. The summed E-state index contributed by atoms with van der Waals surface area (Å²) in [7, 11) is 6.06. The standard InChI is InChI=1S/C16H27N3O/c1-17-12-10-14-8-4-5-9-15(14)16(20)18-11-6-7-13-19(2)3/h4-5,8-9,17H,6-7,10-13H2,1-3H3,(H,18,20). The number of rotatable bonds is 9. The summed E-state index contributed by atoms with van der Waals surface area (Å²) in [6.07, 6.45) is 3.00. The number of carbonyl (C=O) groups is 1. The second-order valence-corrected chi connectivity index (χ2v) is 5.28. The quantitative estimate of drug-likeness (QED) is 0.673. The SMILES string of the molecule is CNCCc1ccccc1C(=O)NCCCCN(C)C. The van der Waals surface area contributed by atoms with E-state index in [0.717, 1.165) is 50.0 Å². The maximum Gasteiger partial charge on any atom is 0.251 e. The van der Waals surface area contributed by atoms with Crippen LogP contribution in [0.2, 0.25) is 0 Å². The molecular weight excluding hydrogens is 250 g/mol. The zero-order valence-electron chi connectivity index (χ0n) is 12.9. The fourth-order valence-electron chi connectivity index (χ4n) is 2.07. The Morgan fingerprint density at radius 3 is 2.60 bits per heavy atom. The number of carbonyl (C=O) groups excluding carboxylic acids is 1. The molecule has 0 fully saturated rings. The van der Waals surface area contributed by atoms with E-state index in [1.807, 2.05) is 31.3 Å². The Hall–Kier alpha value is -1.39. The van der Waals surface area contributed by atoms with E-state index in [9.17, 15) is 4.79 Å². The van der Waals surface area contributed by atoms with E-state index in [0.29, 0.717) is 0 Å². The first-order chi connectivity index (χ1) is 9.65. The van der Waals surface area contributed by atoms with Gasteiger partial charge in [-0.2, -0.15) is 0 Å². The molecule has 20 heavy (non-hydrogen) atoms. The molecule has 0 saturated heterocycles. The summed E-state index contributed by atoms with van der Waals surface area (Å²) in [6, 6.07) is 7.83. The second-order valence-electron chi connectivity index (χ2n) is 5.28. The molecule has 0 radical (unpaired) electrons. The molecule has 0 heterocycles. The highest BCUT2D eigenvalue weighted by molar-refractivity contribution is 5.95. The molecule has 0 atom stereocenters. The Morgan fingerprint density at radius 1 is 1.15 bits per heavy atom. The topological polar surface area (TPSA) is 44.4 Å². The zero-order chi connectivity index (χ0) is 14.8. The van der Waals surface area contributed by atoms with Gasteiger partial charge in [0.05, 0.1) is 0 Å². The van der Waals surface area contributed by atoms with Crippen molar-refractivity contribution >= 4 is 5.91 Å². The van der Waals surface area contributed by atoms with Gasteiger partial charge in [-0.3, -0.25) is 4.79 Å². The predicted octanol–water partition coefficient (Wildman–Crippen LogP) is 1.52. The number of amides is 1. The lowest BCUT2D eigenvalue weighted by Gasteiger charge is -2.11. The van der Waals surface area contributed by atoms with Crippen molar-refractivity contribution in [2.75, 3.05) is 40.8 Å². The van der Waals surface area contributed by atoms with Gasteiger partial charge >= 0.3 is 0 Å². The predicted molar refractivity (Wildman–Crippen MR) is 84.2 cm³/mol. The van der Waals surface area contributed by atoms with Gasteiger partial charge in [-0.15, -0.1) is 0 Å². The number of likely N-dealkylation sites (N-methyl/N-ethyl adjacent to an activating group) is 1. The van der Waals surface area contributed by atoms with Crippen molar-refractivity contribution in [3.05, 3.63) is 35.4 Å². The largest absolute Gasteiger partial charge is 0.352 e. The van der Waals surface area contributed by atoms with Crippen molar-refractivity contribution in [1.29, 1.82) is 0 Å². The van der Waals surface area contributed by atoms with E-state index in [1.54, 1.807) is 0 Å². The second kappa shape index (κ2) is 9.50. The first-order valence-electron chi connectivity index (χ1n) is 7.30. The molecule has 1 rings (SSSR count). The third-order valence-electron chi connectivity index (χ3n) is 3.22. The molecule has 1 amide bonds. The molecule has 0 aromatic heterocycles. The third-order valence-corrected chi connectivity index (χ3v) is 3.22. The van der Waals surface area contributed by atoms with Crippen LogP contribution in [0.5, 0.6) is 0 Å². The summed E-state index contributed by atoms with van der Waals surface area (Å²) in [5, 5.41) is 6.13. The van der Waals surface area contributed by atoms with Crippen LogP contribution in [-0.4, -0.2) is 51.6 Å². The van der Waals surface area contributed by atoms with Crippen molar-refractivity contribution in [2.24, 2.45) is 0 Å². The van der Waals surface area contributed by atoms with Crippen LogP contribution in [0.1, 0.15) is 28.8 Å². The Kier molecular flexibility index (Phi) is 7.92. The minimum absolute atomic E-state index is 0.0431. The van der Waals surface area contributed by atoms with Crippen LogP contribution in [0.25, 0.3) is 0 Å². The first kappa shape index (κ1) is 16.7. The molecule has 1 aromatic rings. The van der Waals surface area contributed by atoms with Gasteiger partial charge in [0.2, 0.25) is 0 Å². The van der Waals surface area contributed by atoms with E-state index in [-0.39, 0.29) is 5.91 Å². The van der Waals surface area contributed by atoms with Crippen molar-refractivity contribution in [3.63, 3.8) is 0 Å². The van der Waals surface area contributed by atoms with Crippen molar-refractivity contribution < 1.29 is 4.79 Å². The Labute approximate surface area is 122 Å². The number of benzene rings is 1. The maximum absolute atomic E-state index is 12.2. The lowest BCUT2D eigenvalue weighted by atomic mass is 10.0. The minimum Gasteiger partial charge on any atom is -0.352 e. The lowest BCUT2D eigenvalue weighted by Crippen LogP contribution is -2.26. The van der Waals surface area contributed by atoms with E-state index in [1.165, 1.54) is 0 Å². The van der Waals surface area contributed by atoms with E-state index in [2.05, 4.69) is 29.6 Å². The summed E-state index contributed by atoms with van der Waals surface area (Å²) >= 11 is 0. The average molecular weight is 277 g/mol. The van der Waals surface area contributed by atoms with Crippen molar-refractivity contribution in [1.82, 2.24) is 15.5 Å². The summed E-state index contributed by atoms with van der Waals surface area (Å²) in [4.78, 5) is 14.3. The molecule has 4 heteroatoms. The van der Waals surface area contributed by atoms with Crippen LogP contribution in [0.4, 0.5) is 0 Å². The first-order valence-corrected chi connectivity index (χ1v) is 7.30. The van der Waals surface area contributed by atoms with Crippen LogP contribution < -0.4 is 10.6 Å². The number of nitrogens with zero attached hydrogens (tertiary/aromatic N) is 1. The average Bonchev–Trinajstić information content (AvgIpc) is 2.44. The summed E-state index contributed by atoms with van der Waals surface area (Å²) < 4.78 is 0. The highest BCUT2D eigenvalue weighted by Crippen LogP contribution is 2.09. The normalized spacial score (nSPS) is 10.8. The molecular formula is C16H27N3O.